The van der Waals surface area contributed by atoms with Gasteiger partial charge in [0.2, 0.25) is 0 Å². The third-order valence-electron chi connectivity index (χ3n) is 2.43. The lowest BCUT2D eigenvalue weighted by Gasteiger charge is -2.07. The van der Waals surface area contributed by atoms with E-state index in [0.29, 0.717) is 23.7 Å². The quantitative estimate of drug-likeness (QED) is 0.827. The summed E-state index contributed by atoms with van der Waals surface area (Å²) in [7, 11) is 0. The molecule has 0 fully saturated rings. The number of carbonyl (C=O) groups is 2. The van der Waals surface area contributed by atoms with E-state index in [9.17, 15) is 9.59 Å². The number of hydrogen-bond acceptors (Lipinski definition) is 4. The molecule has 2 N–H and O–H groups in total. The molecule has 0 aliphatic rings. The molecule has 1 rings (SSSR count). The normalized spacial score (nSPS) is 10.0. The predicted octanol–water partition coefficient (Wildman–Crippen LogP) is 2.68. The first-order valence-electron chi connectivity index (χ1n) is 5.83. The van der Waals surface area contributed by atoms with Gasteiger partial charge in [0.25, 0.3) is 0 Å². The van der Waals surface area contributed by atoms with E-state index >= 15 is 0 Å². The van der Waals surface area contributed by atoms with Gasteiger partial charge >= 0.3 is 12.0 Å². The number of urea groups is 1. The molecule has 0 saturated heterocycles. The zero-order valence-electron chi connectivity index (χ0n) is 11.0. The van der Waals surface area contributed by atoms with Crippen LogP contribution in [-0.4, -0.2) is 25.2 Å². The van der Waals surface area contributed by atoms with Gasteiger partial charge in [-0.3, -0.25) is 5.32 Å². The molecule has 6 heteroatoms. The molecule has 18 heavy (non-hydrogen) atoms. The SMILES string of the molecule is CCNC(=O)Nc1sc(C)c(C)c1C(=O)OCC. The van der Waals surface area contributed by atoms with Crippen molar-refractivity contribution in [2.24, 2.45) is 0 Å². The zero-order valence-corrected chi connectivity index (χ0v) is 11.9. The minimum Gasteiger partial charge on any atom is -0.462 e. The molecule has 0 aliphatic heterocycles. The number of carbonyl (C=O) groups excluding carboxylic acids is 2. The van der Waals surface area contributed by atoms with Gasteiger partial charge in [0.1, 0.15) is 5.00 Å². The fourth-order valence-electron chi connectivity index (χ4n) is 1.47. The summed E-state index contributed by atoms with van der Waals surface area (Å²) in [6, 6.07) is -0.315. The number of ether oxygens (including phenoxy) is 1. The molecule has 0 spiro atoms. The minimum atomic E-state index is -0.397. The minimum absolute atomic E-state index is 0.313. The van der Waals surface area contributed by atoms with Gasteiger partial charge in [-0.25, -0.2) is 9.59 Å². The highest BCUT2D eigenvalue weighted by Gasteiger charge is 2.21. The van der Waals surface area contributed by atoms with Crippen LogP contribution in [0.5, 0.6) is 0 Å². The first-order valence-corrected chi connectivity index (χ1v) is 6.64. The molecule has 0 radical (unpaired) electrons. The Morgan fingerprint density at radius 2 is 1.94 bits per heavy atom. The number of hydrogen-bond donors (Lipinski definition) is 2. The van der Waals surface area contributed by atoms with Gasteiger partial charge in [-0.15, -0.1) is 11.3 Å². The van der Waals surface area contributed by atoms with Crippen LogP contribution >= 0.6 is 11.3 Å². The highest BCUT2D eigenvalue weighted by atomic mass is 32.1. The Kier molecular flexibility index (Phi) is 5.15. The molecular weight excluding hydrogens is 252 g/mol. The third kappa shape index (κ3) is 3.22. The molecule has 5 nitrogen and oxygen atoms in total. The molecule has 1 heterocycles. The smallest absolute Gasteiger partial charge is 0.341 e. The van der Waals surface area contributed by atoms with Crippen LogP contribution in [0.3, 0.4) is 0 Å². The van der Waals surface area contributed by atoms with E-state index in [1.165, 1.54) is 11.3 Å². The molecule has 2 amide bonds. The lowest BCUT2D eigenvalue weighted by molar-refractivity contribution is 0.0527. The highest BCUT2D eigenvalue weighted by Crippen LogP contribution is 2.32. The van der Waals surface area contributed by atoms with Gasteiger partial charge in [0.15, 0.2) is 0 Å². The molecule has 0 atom stereocenters. The Labute approximate surface area is 111 Å². The van der Waals surface area contributed by atoms with E-state index < -0.39 is 5.97 Å². The van der Waals surface area contributed by atoms with Crippen molar-refractivity contribution in [1.29, 1.82) is 0 Å². The van der Waals surface area contributed by atoms with E-state index in [-0.39, 0.29) is 6.03 Å². The van der Waals surface area contributed by atoms with Crippen LogP contribution in [0.2, 0.25) is 0 Å². The number of anilines is 1. The van der Waals surface area contributed by atoms with E-state index in [1.807, 2.05) is 20.8 Å². The van der Waals surface area contributed by atoms with Gasteiger partial charge in [0, 0.05) is 11.4 Å². The summed E-state index contributed by atoms with van der Waals surface area (Å²) in [6.45, 7) is 8.18. The van der Waals surface area contributed by atoms with Gasteiger partial charge in [-0.2, -0.15) is 0 Å². The molecule has 0 aromatic carbocycles. The average molecular weight is 270 g/mol. The first kappa shape index (κ1) is 14.5. The maximum absolute atomic E-state index is 11.9. The molecular formula is C12H18N2O3S. The van der Waals surface area contributed by atoms with Crippen molar-refractivity contribution in [2.75, 3.05) is 18.5 Å². The van der Waals surface area contributed by atoms with Gasteiger partial charge in [-0.1, -0.05) is 0 Å². The second-order valence-electron chi connectivity index (χ2n) is 3.69. The monoisotopic (exact) mass is 270 g/mol. The standard InChI is InChI=1S/C12H18N2O3S/c1-5-13-12(16)14-10-9(11(15)17-6-2)7(3)8(4)18-10/h5-6H2,1-4H3,(H2,13,14,16). The van der Waals surface area contributed by atoms with Crippen LogP contribution < -0.4 is 10.6 Å². The molecule has 0 unspecified atom stereocenters. The molecule has 100 valence electrons. The van der Waals surface area contributed by atoms with Crippen molar-refractivity contribution in [3.63, 3.8) is 0 Å². The number of rotatable bonds is 4. The van der Waals surface area contributed by atoms with Gasteiger partial charge in [0.05, 0.1) is 12.2 Å². The lowest BCUT2D eigenvalue weighted by atomic mass is 10.1. The van der Waals surface area contributed by atoms with Crippen molar-refractivity contribution < 1.29 is 14.3 Å². The first-order chi connectivity index (χ1) is 8.51. The number of amides is 2. The van der Waals surface area contributed by atoms with Crippen molar-refractivity contribution in [2.45, 2.75) is 27.7 Å². The van der Waals surface area contributed by atoms with E-state index in [4.69, 9.17) is 4.74 Å². The second-order valence-corrected chi connectivity index (χ2v) is 4.92. The maximum Gasteiger partial charge on any atom is 0.341 e. The van der Waals surface area contributed by atoms with Crippen LogP contribution in [0.15, 0.2) is 0 Å². The average Bonchev–Trinajstić information content (AvgIpc) is 2.55. The van der Waals surface area contributed by atoms with Crippen LogP contribution in [0.1, 0.15) is 34.6 Å². The summed E-state index contributed by atoms with van der Waals surface area (Å²) in [6.07, 6.45) is 0. The molecule has 0 aliphatic carbocycles. The summed E-state index contributed by atoms with van der Waals surface area (Å²) >= 11 is 1.38. The zero-order chi connectivity index (χ0) is 13.7. The van der Waals surface area contributed by atoms with Crippen LogP contribution in [-0.2, 0) is 4.74 Å². The second kappa shape index (κ2) is 6.39. The topological polar surface area (TPSA) is 67.4 Å². The van der Waals surface area contributed by atoms with E-state index in [1.54, 1.807) is 6.92 Å². The Morgan fingerprint density at radius 3 is 2.50 bits per heavy atom. The van der Waals surface area contributed by atoms with Crippen molar-refractivity contribution in [3.8, 4) is 0 Å². The molecule has 0 bridgehead atoms. The number of nitrogens with one attached hydrogen (secondary N) is 2. The Hall–Kier alpha value is -1.56. The Balaban J connectivity index is 3.00. The number of esters is 1. The van der Waals surface area contributed by atoms with Crippen LogP contribution in [0, 0.1) is 13.8 Å². The largest absolute Gasteiger partial charge is 0.462 e. The van der Waals surface area contributed by atoms with Gasteiger partial charge in [-0.05, 0) is 33.3 Å². The maximum atomic E-state index is 11.9. The van der Waals surface area contributed by atoms with Crippen LogP contribution in [0.4, 0.5) is 9.80 Å². The fourth-order valence-corrected chi connectivity index (χ4v) is 2.52. The molecule has 0 saturated carbocycles. The molecule has 1 aromatic heterocycles. The Morgan fingerprint density at radius 1 is 1.28 bits per heavy atom. The van der Waals surface area contributed by atoms with Crippen molar-refractivity contribution in [1.82, 2.24) is 5.32 Å². The third-order valence-corrected chi connectivity index (χ3v) is 3.55. The van der Waals surface area contributed by atoms with E-state index in [2.05, 4.69) is 10.6 Å². The van der Waals surface area contributed by atoms with Crippen LogP contribution in [0.25, 0.3) is 0 Å². The number of aryl methyl sites for hydroxylation is 1. The summed E-state index contributed by atoms with van der Waals surface area (Å²) in [5.74, 6) is -0.397. The molecule has 1 aromatic rings. The number of thiophene rings is 1. The summed E-state index contributed by atoms with van der Waals surface area (Å²) in [4.78, 5) is 24.3. The fraction of sp³-hybridized carbons (Fsp3) is 0.500. The highest BCUT2D eigenvalue weighted by molar-refractivity contribution is 7.16. The van der Waals surface area contributed by atoms with Gasteiger partial charge < -0.3 is 10.1 Å². The van der Waals surface area contributed by atoms with E-state index in [0.717, 1.165) is 10.4 Å². The van der Waals surface area contributed by atoms with Crippen molar-refractivity contribution >= 4 is 28.3 Å². The lowest BCUT2D eigenvalue weighted by Crippen LogP contribution is -2.28. The predicted molar refractivity (Wildman–Crippen MR) is 72.4 cm³/mol. The summed E-state index contributed by atoms with van der Waals surface area (Å²) in [5, 5.41) is 5.84. The summed E-state index contributed by atoms with van der Waals surface area (Å²) < 4.78 is 5.00. The summed E-state index contributed by atoms with van der Waals surface area (Å²) in [5.41, 5.74) is 1.30. The van der Waals surface area contributed by atoms with Crippen molar-refractivity contribution in [3.05, 3.63) is 16.0 Å². The Bertz CT molecular complexity index is 454.